The molecule has 2 saturated heterocycles. The number of anilines is 3. The summed E-state index contributed by atoms with van der Waals surface area (Å²) in [5.74, 6) is -2.68. The van der Waals surface area contributed by atoms with E-state index < -0.39 is 85.2 Å². The number of ether oxygens (including phenoxy) is 5. The van der Waals surface area contributed by atoms with E-state index in [1.807, 2.05) is 76.7 Å². The van der Waals surface area contributed by atoms with Gasteiger partial charge in [0.1, 0.15) is 24.9 Å². The molecule has 5 aromatic carbocycles. The van der Waals surface area contributed by atoms with Gasteiger partial charge in [-0.25, -0.2) is 9.69 Å². The summed E-state index contributed by atoms with van der Waals surface area (Å²) in [5.41, 5.74) is 5.87. The number of nitrogens with zero attached hydrogens (tertiary/aromatic N) is 5. The van der Waals surface area contributed by atoms with E-state index in [1.54, 1.807) is 55.1 Å². The minimum atomic E-state index is -1.49. The number of amides is 8. The number of rotatable bonds is 24. The molecule has 2 unspecified atom stereocenters. The SMILES string of the molecule is COc1cc2c(cc1OCCCOc1cc3c(cc1OC)C(=O)N1CC4(CC4)C[C@@H]1C(O)N3C(=O)OCc1ccc(NC(=O)[C@H](C)NC(=O)[C@@H](NC(=O)CNC(=O)CNC(=O)CCC(O)N3Cc4ccccc4/C=C\c4ccccc43)C(C)C)cc1)N=C[C@@H]1CC3(CC3)CN1C2=O. The van der Waals surface area contributed by atoms with E-state index >= 15 is 0 Å². The summed E-state index contributed by atoms with van der Waals surface area (Å²) in [5, 5.41) is 36.5. The molecule has 5 aromatic rings. The minimum Gasteiger partial charge on any atom is -0.493 e. The van der Waals surface area contributed by atoms with Gasteiger partial charge in [-0.05, 0) is 115 Å². The number of carbonyl (C=O) groups is 8. The number of aliphatic imine (C=N–C) groups is 1. The fraction of sp³-hybridized carbons (Fsp3) is 0.431. The molecule has 4 fully saturated rings. The standard InChI is InChI=1S/C72H82N10O15/c1-42(2)64(78-62(85)37-75-61(84)36-74-60(83)21-22-63(86)79-38-47-13-7-6-11-45(47)17-18-46-12-8-9-14-53(46)79)66(88)76-43(3)65(87)77-48-19-15-44(16-20-48)39-97-70(92)82-54-32-59(57(94-5)30-51(54)68(90)81-41-72(25-26-72)34-55(81)69(82)91)96-28-10-27-95-58-31-52-50(29-56(58)93-4)67(89)80-40-71(23-24-71)33-49(80)35-73-52/h6-9,11-20,29-32,35,42-43,49,55,63-64,69,86,91H,10,21-28,33-34,36-41H2,1-5H3,(H,74,83)(H,75,84)(H,76,88)(H,77,87)(H,78,85)/b18-17-/t43-,49-,55+,63?,64-,69?/m0/s1. The second-order valence-electron chi connectivity index (χ2n) is 26.6. The predicted octanol–water partition coefficient (Wildman–Crippen LogP) is 6.84. The van der Waals surface area contributed by atoms with Crippen molar-refractivity contribution in [1.82, 2.24) is 31.1 Å². The topological polar surface area (TPSA) is 309 Å². The van der Waals surface area contributed by atoms with Crippen molar-refractivity contribution in [2.75, 3.05) is 68.7 Å². The second kappa shape index (κ2) is 28.4. The average molecular weight is 1330 g/mol. The van der Waals surface area contributed by atoms with Crippen LogP contribution in [-0.4, -0.2) is 164 Å². The van der Waals surface area contributed by atoms with Crippen LogP contribution >= 0.6 is 0 Å². The first-order chi connectivity index (χ1) is 46.7. The first-order valence-corrected chi connectivity index (χ1v) is 33.0. The summed E-state index contributed by atoms with van der Waals surface area (Å²) in [6.07, 6.45) is 8.28. The van der Waals surface area contributed by atoms with Gasteiger partial charge in [0.25, 0.3) is 11.8 Å². The first kappa shape index (κ1) is 67.0. The molecule has 7 aliphatic rings. The molecular formula is C72H82N10O15. The average Bonchev–Trinajstić information content (AvgIpc) is 1.58. The molecule has 12 rings (SSSR count). The highest BCUT2D eigenvalue weighted by Gasteiger charge is 2.58. The Morgan fingerprint density at radius 1 is 0.680 bits per heavy atom. The van der Waals surface area contributed by atoms with Gasteiger partial charge < -0.3 is 75.2 Å². The van der Waals surface area contributed by atoms with Crippen LogP contribution in [0.1, 0.15) is 122 Å². The van der Waals surface area contributed by atoms with Crippen molar-refractivity contribution in [2.24, 2.45) is 21.7 Å². The molecule has 0 aromatic heterocycles. The molecule has 97 heavy (non-hydrogen) atoms. The Kier molecular flexibility index (Phi) is 19.6. The van der Waals surface area contributed by atoms with Crippen molar-refractivity contribution >= 4 is 88.6 Å². The number of hydrogen-bond acceptors (Lipinski definition) is 17. The number of aliphatic hydroxyl groups excluding tert-OH is 2. The lowest BCUT2D eigenvalue weighted by Gasteiger charge is -2.33. The van der Waals surface area contributed by atoms with Crippen LogP contribution in [0.3, 0.4) is 0 Å². The van der Waals surface area contributed by atoms with E-state index in [0.717, 1.165) is 65.9 Å². The van der Waals surface area contributed by atoms with Gasteiger partial charge in [0, 0.05) is 68.6 Å². The minimum absolute atomic E-state index is 0.0458. The fourth-order valence-electron chi connectivity index (χ4n) is 13.5. The zero-order chi connectivity index (χ0) is 68.3. The lowest BCUT2D eigenvalue weighted by molar-refractivity contribution is -0.132. The Hall–Kier alpha value is -10.0. The summed E-state index contributed by atoms with van der Waals surface area (Å²) in [7, 11) is 2.96. The molecule has 25 heteroatoms. The molecule has 2 aliphatic carbocycles. The lowest BCUT2D eigenvalue weighted by Crippen LogP contribution is -2.55. The molecule has 2 spiro atoms. The third kappa shape index (κ3) is 14.9. The summed E-state index contributed by atoms with van der Waals surface area (Å²) in [6, 6.07) is 25.4. The smallest absolute Gasteiger partial charge is 0.416 e. The zero-order valence-corrected chi connectivity index (χ0v) is 55.0. The van der Waals surface area contributed by atoms with Gasteiger partial charge in [-0.15, -0.1) is 0 Å². The molecule has 25 nitrogen and oxygen atoms in total. The third-order valence-electron chi connectivity index (χ3n) is 19.4. The van der Waals surface area contributed by atoms with Crippen LogP contribution in [0.25, 0.3) is 12.2 Å². The quantitative estimate of drug-likeness (QED) is 0.0311. The van der Waals surface area contributed by atoms with E-state index in [4.69, 9.17) is 28.7 Å². The molecule has 0 bridgehead atoms. The lowest BCUT2D eigenvalue weighted by atomic mass is 10.0. The van der Waals surface area contributed by atoms with Crippen LogP contribution in [0.4, 0.5) is 27.5 Å². The highest BCUT2D eigenvalue weighted by molar-refractivity contribution is 6.07. The van der Waals surface area contributed by atoms with E-state index in [2.05, 4.69) is 26.6 Å². The molecule has 510 valence electrons. The van der Waals surface area contributed by atoms with Crippen molar-refractivity contribution in [2.45, 2.75) is 128 Å². The van der Waals surface area contributed by atoms with Crippen molar-refractivity contribution in [3.63, 3.8) is 0 Å². The van der Waals surface area contributed by atoms with Gasteiger partial charge in [-0.2, -0.15) is 0 Å². The number of benzene rings is 5. The number of para-hydroxylation sites is 1. The van der Waals surface area contributed by atoms with E-state index in [0.29, 0.717) is 59.9 Å². The number of carbonyl (C=O) groups excluding carboxylic acids is 8. The third-order valence-corrected chi connectivity index (χ3v) is 19.4. The van der Waals surface area contributed by atoms with E-state index in [1.165, 1.54) is 33.3 Å². The van der Waals surface area contributed by atoms with Crippen molar-refractivity contribution < 1.29 is 72.3 Å². The van der Waals surface area contributed by atoms with Crippen LogP contribution in [0.5, 0.6) is 23.0 Å². The van der Waals surface area contributed by atoms with Crippen molar-refractivity contribution in [3.05, 3.63) is 130 Å². The van der Waals surface area contributed by atoms with Gasteiger partial charge in [0.2, 0.25) is 29.5 Å². The van der Waals surface area contributed by atoms with Gasteiger partial charge in [-0.3, -0.25) is 38.6 Å². The monoisotopic (exact) mass is 1330 g/mol. The predicted molar refractivity (Wildman–Crippen MR) is 359 cm³/mol. The molecule has 8 amide bonds. The maximum atomic E-state index is 14.5. The molecule has 5 heterocycles. The summed E-state index contributed by atoms with van der Waals surface area (Å²) < 4.78 is 29.7. The summed E-state index contributed by atoms with van der Waals surface area (Å²) in [6.45, 7) is 5.54. The molecule has 5 aliphatic heterocycles. The summed E-state index contributed by atoms with van der Waals surface area (Å²) >= 11 is 0. The number of methoxy groups -OCH3 is 2. The van der Waals surface area contributed by atoms with Gasteiger partial charge >= 0.3 is 6.09 Å². The van der Waals surface area contributed by atoms with Crippen LogP contribution < -0.4 is 55.3 Å². The Morgan fingerprint density at radius 2 is 1.31 bits per heavy atom. The summed E-state index contributed by atoms with van der Waals surface area (Å²) in [4.78, 5) is 119. The maximum Gasteiger partial charge on any atom is 0.416 e. The molecule has 7 N–H and O–H groups in total. The van der Waals surface area contributed by atoms with Crippen LogP contribution in [0, 0.1) is 16.7 Å². The van der Waals surface area contributed by atoms with Crippen molar-refractivity contribution in [1.29, 1.82) is 0 Å². The number of hydrogen-bond donors (Lipinski definition) is 7. The van der Waals surface area contributed by atoms with E-state index in [-0.39, 0.29) is 84.1 Å². The largest absolute Gasteiger partial charge is 0.493 e. The van der Waals surface area contributed by atoms with Crippen molar-refractivity contribution in [3.8, 4) is 23.0 Å². The second-order valence-corrected chi connectivity index (χ2v) is 26.6. The van der Waals surface area contributed by atoms with Gasteiger partial charge in [-0.1, -0.05) is 80.6 Å². The highest BCUT2D eigenvalue weighted by atomic mass is 16.6. The Labute approximate surface area is 561 Å². The molecule has 6 atom stereocenters. The molecular weight excluding hydrogens is 1240 g/mol. The van der Waals surface area contributed by atoms with Crippen LogP contribution in [0.2, 0.25) is 0 Å². The van der Waals surface area contributed by atoms with Gasteiger partial charge in [0.05, 0.1) is 75.1 Å². The van der Waals surface area contributed by atoms with Crippen LogP contribution in [0.15, 0.2) is 102 Å². The fourth-order valence-corrected chi connectivity index (χ4v) is 13.5. The Bertz CT molecular complexity index is 3940. The maximum absolute atomic E-state index is 14.5. The number of nitrogens with one attached hydrogen (secondary N) is 5. The Morgan fingerprint density at radius 3 is 2.02 bits per heavy atom. The number of fused-ring (bicyclic) bond motifs is 6. The first-order valence-electron chi connectivity index (χ1n) is 33.0. The zero-order valence-electron chi connectivity index (χ0n) is 55.0. The Balaban J connectivity index is 0.602. The molecule has 2 saturated carbocycles. The van der Waals surface area contributed by atoms with E-state index in [9.17, 15) is 48.6 Å². The van der Waals surface area contributed by atoms with Crippen LogP contribution in [-0.2, 0) is 41.9 Å². The highest BCUT2D eigenvalue weighted by Crippen LogP contribution is 2.58. The number of aliphatic hydroxyl groups is 2. The normalized spacial score (nSPS) is 19.9. The van der Waals surface area contributed by atoms with Gasteiger partial charge in [0.15, 0.2) is 29.2 Å². The molecule has 0 radical (unpaired) electrons.